The number of aliphatic carboxylic acids is 1. The summed E-state index contributed by atoms with van der Waals surface area (Å²) in [5.41, 5.74) is 2.78. The topological polar surface area (TPSA) is 168 Å². The Morgan fingerprint density at radius 1 is 0.979 bits per heavy atom. The van der Waals surface area contributed by atoms with Crippen molar-refractivity contribution in [3.05, 3.63) is 107 Å². The van der Waals surface area contributed by atoms with Crippen molar-refractivity contribution in [3.63, 3.8) is 0 Å². The van der Waals surface area contributed by atoms with Gasteiger partial charge in [-0.05, 0) is 77.4 Å². The Balaban J connectivity index is 0.000000644. The standard InChI is InChI=1S/C29H25ClN6O4.C2HF3O2/c30-22-11-14-25(36-18-31-33-34-36)21(17-22)10-15-26(37)35-16-4-7-24(19-5-2-1-3-6-19)27(35)28(38)32-23-12-8-20(9-13-23)29(39)40;3-2(4,5)1(6)7/h1-3,5-6,8-15,17-18,24,27H,4,7,16H2,(H,32,38)(H,39,40);(H,6,7)/b15-10+;. The van der Waals surface area contributed by atoms with Crippen molar-refractivity contribution in [2.24, 2.45) is 0 Å². The molecule has 1 aliphatic heterocycles. The maximum atomic E-state index is 13.7. The number of carbonyl (C=O) groups excluding carboxylic acids is 2. The number of halogens is 4. The number of amides is 2. The van der Waals surface area contributed by atoms with Crippen LogP contribution in [0.2, 0.25) is 5.02 Å². The van der Waals surface area contributed by atoms with Gasteiger partial charge in [0.05, 0.1) is 11.3 Å². The number of aromatic carboxylic acids is 1. The van der Waals surface area contributed by atoms with Gasteiger partial charge in [-0.3, -0.25) is 9.59 Å². The van der Waals surface area contributed by atoms with E-state index in [1.165, 1.54) is 41.4 Å². The first kappa shape index (κ1) is 34.3. The molecule has 2 atom stereocenters. The molecule has 0 bridgehead atoms. The molecule has 4 aromatic rings. The fourth-order valence-electron chi connectivity index (χ4n) is 4.92. The van der Waals surface area contributed by atoms with E-state index in [1.54, 1.807) is 29.2 Å². The van der Waals surface area contributed by atoms with Crippen molar-refractivity contribution in [2.45, 2.75) is 31.0 Å². The lowest BCUT2D eigenvalue weighted by molar-refractivity contribution is -0.192. The van der Waals surface area contributed by atoms with Crippen LogP contribution in [-0.4, -0.2) is 77.8 Å². The summed E-state index contributed by atoms with van der Waals surface area (Å²) in [5, 5.41) is 30.9. The van der Waals surface area contributed by atoms with Crippen molar-refractivity contribution < 1.29 is 42.6 Å². The number of nitrogens with one attached hydrogen (secondary N) is 1. The average Bonchev–Trinajstić information content (AvgIpc) is 3.59. The molecule has 0 saturated carbocycles. The summed E-state index contributed by atoms with van der Waals surface area (Å²) in [4.78, 5) is 49.0. The number of hydrogen-bond acceptors (Lipinski definition) is 7. The molecule has 1 aliphatic rings. The SMILES string of the molecule is O=C(O)C(F)(F)F.O=C(O)c1ccc(NC(=O)C2C(c3ccccc3)CCCN2C(=O)/C=C/c2cc(Cl)ccc2-n2cnnn2)cc1. The number of carboxylic acid groups (broad SMARTS) is 2. The van der Waals surface area contributed by atoms with E-state index in [0.29, 0.717) is 28.5 Å². The molecule has 0 radical (unpaired) electrons. The number of nitrogens with zero attached hydrogens (tertiary/aromatic N) is 5. The van der Waals surface area contributed by atoms with E-state index in [9.17, 15) is 32.7 Å². The number of anilines is 1. The van der Waals surface area contributed by atoms with Gasteiger partial charge in [-0.1, -0.05) is 41.9 Å². The van der Waals surface area contributed by atoms with Crippen LogP contribution in [0.5, 0.6) is 0 Å². The minimum Gasteiger partial charge on any atom is -0.478 e. The van der Waals surface area contributed by atoms with Crippen molar-refractivity contribution in [2.75, 3.05) is 11.9 Å². The Kier molecular flexibility index (Phi) is 11.1. The molecule has 2 unspecified atom stereocenters. The zero-order valence-electron chi connectivity index (χ0n) is 24.2. The monoisotopic (exact) mass is 670 g/mol. The van der Waals surface area contributed by atoms with E-state index < -0.39 is 24.2 Å². The van der Waals surface area contributed by atoms with Crippen LogP contribution in [0.4, 0.5) is 18.9 Å². The number of carbonyl (C=O) groups is 4. The number of likely N-dealkylation sites (tertiary alicyclic amines) is 1. The summed E-state index contributed by atoms with van der Waals surface area (Å²) in [6.07, 6.45) is 0.876. The van der Waals surface area contributed by atoms with Gasteiger partial charge in [0, 0.05) is 34.8 Å². The first-order chi connectivity index (χ1) is 22.3. The second-order valence-electron chi connectivity index (χ2n) is 10.1. The van der Waals surface area contributed by atoms with Crippen LogP contribution in [0.25, 0.3) is 11.8 Å². The highest BCUT2D eigenvalue weighted by Crippen LogP contribution is 2.34. The van der Waals surface area contributed by atoms with E-state index >= 15 is 0 Å². The third kappa shape index (κ3) is 9.00. The fourth-order valence-corrected chi connectivity index (χ4v) is 5.11. The van der Waals surface area contributed by atoms with Gasteiger partial charge in [-0.2, -0.15) is 17.9 Å². The molecule has 47 heavy (non-hydrogen) atoms. The molecule has 1 saturated heterocycles. The Bertz CT molecular complexity index is 1750. The number of alkyl halides is 3. The first-order valence-corrected chi connectivity index (χ1v) is 14.2. The van der Waals surface area contributed by atoms with Crippen LogP contribution in [0.1, 0.15) is 40.2 Å². The zero-order chi connectivity index (χ0) is 34.1. The third-order valence-electron chi connectivity index (χ3n) is 7.04. The van der Waals surface area contributed by atoms with Crippen LogP contribution in [-0.2, 0) is 14.4 Å². The van der Waals surface area contributed by atoms with E-state index in [1.807, 2.05) is 30.3 Å². The minimum atomic E-state index is -5.08. The molecule has 3 aromatic carbocycles. The molecule has 2 heterocycles. The lowest BCUT2D eigenvalue weighted by Gasteiger charge is -2.40. The molecule has 244 valence electrons. The van der Waals surface area contributed by atoms with E-state index in [-0.39, 0.29) is 23.3 Å². The van der Waals surface area contributed by atoms with Gasteiger partial charge in [0.2, 0.25) is 11.8 Å². The number of rotatable bonds is 7. The highest BCUT2D eigenvalue weighted by Gasteiger charge is 2.40. The number of aromatic nitrogens is 4. The van der Waals surface area contributed by atoms with Crippen LogP contribution >= 0.6 is 11.6 Å². The smallest absolute Gasteiger partial charge is 0.478 e. The van der Waals surface area contributed by atoms with E-state index in [4.69, 9.17) is 21.5 Å². The number of hydrogen-bond donors (Lipinski definition) is 3. The lowest BCUT2D eigenvalue weighted by atomic mass is 9.82. The Morgan fingerprint density at radius 3 is 2.26 bits per heavy atom. The van der Waals surface area contributed by atoms with Crippen molar-refractivity contribution in [1.29, 1.82) is 0 Å². The molecular weight excluding hydrogens is 645 g/mol. The summed E-state index contributed by atoms with van der Waals surface area (Å²) in [6.45, 7) is 0.401. The summed E-state index contributed by atoms with van der Waals surface area (Å²) in [6, 6.07) is 19.9. The van der Waals surface area contributed by atoms with Crippen LogP contribution in [0.15, 0.2) is 85.2 Å². The molecule has 0 aliphatic carbocycles. The molecule has 2 amide bonds. The molecule has 5 rings (SSSR count). The maximum absolute atomic E-state index is 13.7. The van der Waals surface area contributed by atoms with Gasteiger partial charge >= 0.3 is 18.1 Å². The largest absolute Gasteiger partial charge is 0.490 e. The van der Waals surface area contributed by atoms with Gasteiger partial charge in [-0.25, -0.2) is 9.59 Å². The second kappa shape index (κ2) is 15.1. The second-order valence-corrected chi connectivity index (χ2v) is 10.5. The Labute approximate surface area is 270 Å². The summed E-state index contributed by atoms with van der Waals surface area (Å²) in [7, 11) is 0. The quantitative estimate of drug-likeness (QED) is 0.227. The van der Waals surface area contributed by atoms with Gasteiger partial charge < -0.3 is 20.4 Å². The molecule has 1 fully saturated rings. The zero-order valence-corrected chi connectivity index (χ0v) is 25.0. The van der Waals surface area contributed by atoms with Crippen molar-refractivity contribution in [1.82, 2.24) is 25.1 Å². The van der Waals surface area contributed by atoms with Crippen LogP contribution in [0.3, 0.4) is 0 Å². The summed E-state index contributed by atoms with van der Waals surface area (Å²) >= 11 is 6.22. The molecule has 1 aromatic heterocycles. The van der Waals surface area contributed by atoms with Gasteiger partial charge in [0.25, 0.3) is 0 Å². The van der Waals surface area contributed by atoms with Crippen molar-refractivity contribution >= 4 is 47.1 Å². The number of carboxylic acids is 2. The highest BCUT2D eigenvalue weighted by atomic mass is 35.5. The third-order valence-corrected chi connectivity index (χ3v) is 7.28. The fraction of sp³-hybridized carbons (Fsp3) is 0.194. The Morgan fingerprint density at radius 2 is 1.66 bits per heavy atom. The first-order valence-electron chi connectivity index (χ1n) is 13.9. The summed E-state index contributed by atoms with van der Waals surface area (Å²) in [5.74, 6) is -4.72. The number of piperidine rings is 1. The van der Waals surface area contributed by atoms with Gasteiger partial charge in [0.15, 0.2) is 0 Å². The normalized spacial score (nSPS) is 16.2. The predicted octanol–water partition coefficient (Wildman–Crippen LogP) is 5.07. The van der Waals surface area contributed by atoms with E-state index in [2.05, 4.69) is 20.8 Å². The molecule has 16 heteroatoms. The highest BCUT2D eigenvalue weighted by molar-refractivity contribution is 6.30. The predicted molar refractivity (Wildman–Crippen MR) is 163 cm³/mol. The number of tetrazole rings is 1. The maximum Gasteiger partial charge on any atom is 0.490 e. The molecular formula is C31H26ClF3N6O6. The molecule has 3 N–H and O–H groups in total. The minimum absolute atomic E-state index is 0.113. The van der Waals surface area contributed by atoms with Gasteiger partial charge in [-0.15, -0.1) is 5.10 Å². The molecule has 0 spiro atoms. The van der Waals surface area contributed by atoms with Crippen LogP contribution < -0.4 is 5.32 Å². The lowest BCUT2D eigenvalue weighted by Crippen LogP contribution is -2.53. The number of benzene rings is 3. The van der Waals surface area contributed by atoms with Gasteiger partial charge in [0.1, 0.15) is 12.4 Å². The van der Waals surface area contributed by atoms with Crippen molar-refractivity contribution in [3.8, 4) is 5.69 Å². The molecule has 12 nitrogen and oxygen atoms in total. The Hall–Kier alpha value is -5.57. The summed E-state index contributed by atoms with van der Waals surface area (Å²) < 4.78 is 33.2. The van der Waals surface area contributed by atoms with E-state index in [0.717, 1.165) is 18.4 Å². The van der Waals surface area contributed by atoms with Crippen LogP contribution in [0, 0.1) is 0 Å². The average molecular weight is 671 g/mol.